The van der Waals surface area contributed by atoms with Gasteiger partial charge >= 0.3 is 0 Å². The molecule has 4 aliphatic rings. The second-order valence-electron chi connectivity index (χ2n) is 4.27. The standard InChI is InChI=1S/C12H12O2S8/c1-13-5-6(14-2)18-10-9(17-5)21-12(22-10)11-19-7-8(20-11)16-4-3-15-7/h5-6H,3-4H2,1-2H3. The van der Waals surface area contributed by atoms with Gasteiger partial charge < -0.3 is 9.47 Å². The van der Waals surface area contributed by atoms with Gasteiger partial charge in [-0.3, -0.25) is 0 Å². The van der Waals surface area contributed by atoms with E-state index in [-0.39, 0.29) is 10.9 Å². The summed E-state index contributed by atoms with van der Waals surface area (Å²) in [6.07, 6.45) is 0. The minimum atomic E-state index is 0.0764. The van der Waals surface area contributed by atoms with E-state index in [1.54, 1.807) is 37.7 Å². The number of rotatable bonds is 2. The van der Waals surface area contributed by atoms with Crippen molar-refractivity contribution < 1.29 is 9.47 Å². The Morgan fingerprint density at radius 1 is 0.636 bits per heavy atom. The predicted molar refractivity (Wildman–Crippen MR) is 113 cm³/mol. The van der Waals surface area contributed by atoms with Crippen LogP contribution in [0.25, 0.3) is 0 Å². The molecule has 0 aromatic rings. The molecule has 10 heteroatoms. The predicted octanol–water partition coefficient (Wildman–Crippen LogP) is 6.23. The number of ether oxygens (including phenoxy) is 2. The first-order valence-corrected chi connectivity index (χ1v) is 13.4. The van der Waals surface area contributed by atoms with E-state index in [9.17, 15) is 0 Å². The molecule has 0 bridgehead atoms. The molecule has 0 spiro atoms. The van der Waals surface area contributed by atoms with Crippen LogP contribution in [0.3, 0.4) is 0 Å². The van der Waals surface area contributed by atoms with Gasteiger partial charge in [-0.1, -0.05) is 70.6 Å². The fraction of sp³-hybridized carbons (Fsp3) is 0.500. The van der Waals surface area contributed by atoms with Gasteiger partial charge in [-0.2, -0.15) is 0 Å². The third kappa shape index (κ3) is 3.43. The molecule has 0 aliphatic carbocycles. The maximum atomic E-state index is 5.56. The highest BCUT2D eigenvalue weighted by Crippen LogP contribution is 2.68. The second-order valence-corrected chi connectivity index (χ2v) is 14.3. The Morgan fingerprint density at radius 3 is 1.45 bits per heavy atom. The monoisotopic (exact) mass is 444 g/mol. The lowest BCUT2D eigenvalue weighted by atomic mass is 10.7. The zero-order chi connectivity index (χ0) is 15.1. The third-order valence-corrected chi connectivity index (χ3v) is 15.2. The zero-order valence-electron chi connectivity index (χ0n) is 11.7. The fourth-order valence-corrected chi connectivity index (χ4v) is 14.3. The normalized spacial score (nSPS) is 31.9. The first-order chi connectivity index (χ1) is 10.8. The van der Waals surface area contributed by atoms with Gasteiger partial charge in [0.05, 0.1) is 25.4 Å². The van der Waals surface area contributed by atoms with Crippen molar-refractivity contribution in [2.24, 2.45) is 0 Å². The summed E-state index contributed by atoms with van der Waals surface area (Å²) in [5, 5.41) is 0. The minimum Gasteiger partial charge on any atom is -0.367 e. The number of hydrogen-bond acceptors (Lipinski definition) is 10. The summed E-state index contributed by atoms with van der Waals surface area (Å²) in [7, 11) is 3.52. The molecule has 120 valence electrons. The molecule has 2 atom stereocenters. The maximum absolute atomic E-state index is 5.56. The van der Waals surface area contributed by atoms with Crippen LogP contribution in [0.4, 0.5) is 0 Å². The van der Waals surface area contributed by atoms with E-state index in [2.05, 4.69) is 0 Å². The van der Waals surface area contributed by atoms with Crippen molar-refractivity contribution in [2.75, 3.05) is 25.7 Å². The highest BCUT2D eigenvalue weighted by molar-refractivity contribution is 8.45. The Hall–Kier alpha value is 1.94. The van der Waals surface area contributed by atoms with Crippen LogP contribution in [-0.2, 0) is 9.47 Å². The van der Waals surface area contributed by atoms with Crippen LogP contribution in [-0.4, -0.2) is 36.6 Å². The van der Waals surface area contributed by atoms with Crippen LogP contribution in [0.2, 0.25) is 0 Å². The fourth-order valence-electron chi connectivity index (χ4n) is 1.94. The molecule has 4 aliphatic heterocycles. The lowest BCUT2D eigenvalue weighted by molar-refractivity contribution is 0.0610. The average Bonchev–Trinajstić information content (AvgIpc) is 3.16. The molecule has 0 N–H and O–H groups in total. The van der Waals surface area contributed by atoms with Gasteiger partial charge in [0, 0.05) is 25.7 Å². The molecule has 0 radical (unpaired) electrons. The Bertz CT molecular complexity index is 538. The summed E-state index contributed by atoms with van der Waals surface area (Å²) in [6.45, 7) is 0. The third-order valence-electron chi connectivity index (χ3n) is 2.92. The Labute approximate surface area is 164 Å². The molecule has 2 nitrogen and oxygen atoms in total. The van der Waals surface area contributed by atoms with Gasteiger partial charge in [-0.15, -0.1) is 23.5 Å². The molecule has 22 heavy (non-hydrogen) atoms. The Balaban J connectivity index is 1.50. The summed E-state index contributed by atoms with van der Waals surface area (Å²) < 4.78 is 19.8. The summed E-state index contributed by atoms with van der Waals surface area (Å²) >= 11 is 15.4. The van der Waals surface area contributed by atoms with E-state index < -0.39 is 0 Å². The van der Waals surface area contributed by atoms with Crippen molar-refractivity contribution >= 4 is 94.1 Å². The Kier molecular flexibility index (Phi) is 6.05. The molecule has 4 heterocycles. The van der Waals surface area contributed by atoms with Gasteiger partial charge in [0.2, 0.25) is 0 Å². The van der Waals surface area contributed by atoms with Crippen LogP contribution in [0.5, 0.6) is 0 Å². The summed E-state index contributed by atoms with van der Waals surface area (Å²) in [5.74, 6) is 2.48. The van der Waals surface area contributed by atoms with Crippen molar-refractivity contribution in [3.63, 3.8) is 0 Å². The van der Waals surface area contributed by atoms with E-state index in [1.807, 2.05) is 70.6 Å². The molecule has 4 rings (SSSR count). The largest absolute Gasteiger partial charge is 0.367 e. The number of thioether (sulfide) groups is 8. The quantitative estimate of drug-likeness (QED) is 0.485. The molecule has 0 fully saturated rings. The molecule has 0 saturated carbocycles. The minimum absolute atomic E-state index is 0.0764. The van der Waals surface area contributed by atoms with Gasteiger partial charge in [0.1, 0.15) is 10.9 Å². The highest BCUT2D eigenvalue weighted by Gasteiger charge is 2.39. The van der Waals surface area contributed by atoms with Gasteiger partial charge in [0.15, 0.2) is 0 Å². The molecular weight excluding hydrogens is 433 g/mol. The molecule has 0 saturated heterocycles. The van der Waals surface area contributed by atoms with Crippen molar-refractivity contribution in [1.82, 2.24) is 0 Å². The average molecular weight is 445 g/mol. The van der Waals surface area contributed by atoms with Crippen molar-refractivity contribution in [2.45, 2.75) is 10.9 Å². The second kappa shape index (κ2) is 7.67. The summed E-state index contributed by atoms with van der Waals surface area (Å²) in [4.78, 5) is 0. The van der Waals surface area contributed by atoms with E-state index in [0.29, 0.717) is 0 Å². The van der Waals surface area contributed by atoms with Crippen molar-refractivity contribution in [3.8, 4) is 0 Å². The van der Waals surface area contributed by atoms with Crippen LogP contribution < -0.4 is 0 Å². The smallest absolute Gasteiger partial charge is 0.143 e. The first kappa shape index (κ1) is 17.4. The molecule has 2 unspecified atom stereocenters. The van der Waals surface area contributed by atoms with Crippen LogP contribution in [0.1, 0.15) is 0 Å². The van der Waals surface area contributed by atoms with Crippen LogP contribution in [0.15, 0.2) is 25.4 Å². The highest BCUT2D eigenvalue weighted by atomic mass is 32.3. The van der Waals surface area contributed by atoms with Gasteiger partial charge in [-0.05, 0) is 0 Å². The summed E-state index contributed by atoms with van der Waals surface area (Å²) in [6, 6.07) is 0. The van der Waals surface area contributed by atoms with E-state index in [4.69, 9.17) is 9.47 Å². The summed E-state index contributed by atoms with van der Waals surface area (Å²) in [5.41, 5.74) is 0.153. The lowest BCUT2D eigenvalue weighted by Crippen LogP contribution is -2.25. The number of hydrogen-bond donors (Lipinski definition) is 0. The molecule has 0 aromatic heterocycles. The first-order valence-electron chi connectivity index (χ1n) is 6.37. The zero-order valence-corrected chi connectivity index (χ0v) is 18.2. The van der Waals surface area contributed by atoms with Crippen LogP contribution >= 0.6 is 94.1 Å². The molecule has 0 amide bonds. The van der Waals surface area contributed by atoms with Gasteiger partial charge in [-0.25, -0.2) is 0 Å². The lowest BCUT2D eigenvalue weighted by Gasteiger charge is -2.27. The van der Waals surface area contributed by atoms with Crippen molar-refractivity contribution in [3.05, 3.63) is 25.4 Å². The van der Waals surface area contributed by atoms with E-state index in [0.717, 1.165) is 0 Å². The van der Waals surface area contributed by atoms with Gasteiger partial charge in [0.25, 0.3) is 0 Å². The Morgan fingerprint density at radius 2 is 1.05 bits per heavy atom. The van der Waals surface area contributed by atoms with E-state index >= 15 is 0 Å². The van der Waals surface area contributed by atoms with E-state index in [1.165, 1.54) is 36.9 Å². The van der Waals surface area contributed by atoms with Crippen molar-refractivity contribution in [1.29, 1.82) is 0 Å². The SMILES string of the molecule is COC1SC2=C(SC(=C3SC4=C(SCCS4)S3)S2)SC1OC. The molecule has 0 aromatic carbocycles. The number of methoxy groups -OCH3 is 2. The molecular formula is C12H12O2S8. The maximum Gasteiger partial charge on any atom is 0.143 e. The topological polar surface area (TPSA) is 18.5 Å². The van der Waals surface area contributed by atoms with Crippen LogP contribution in [0, 0.1) is 0 Å².